The monoisotopic (exact) mass is 554 g/mol. The molecule has 0 saturated carbocycles. The van der Waals surface area contributed by atoms with Crippen molar-refractivity contribution in [3.05, 3.63) is 29.8 Å². The number of imidazole rings is 1. The maximum atomic E-state index is 14.5. The van der Waals surface area contributed by atoms with Crippen molar-refractivity contribution in [1.82, 2.24) is 19.9 Å². The molecule has 0 bridgehead atoms. The number of aliphatic hydroxyl groups is 1. The van der Waals surface area contributed by atoms with Gasteiger partial charge in [-0.15, -0.1) is 0 Å². The standard InChI is InChI=1S/C20H23FN6O.C9H18O.C2H6/c1-3-22-16-9-14(8-15(21)12(16)2)17-18-19(24-11-23-18)26-20(25-17)27-6-4-13(10-28)5-7-27;1-3-8(2)9-5-4-6-10-7-9;1-2/h3,8-9,11,13,28H,4-7,10H2,1-2H3,(H,23,24,25,26);8-9H,3-7H2,1-2H3;1-2H3. The number of fused-ring (bicyclic) bond motifs is 1. The molecule has 2 aliphatic heterocycles. The van der Waals surface area contributed by atoms with Gasteiger partial charge >= 0.3 is 0 Å². The zero-order valence-electron chi connectivity index (χ0n) is 25.1. The number of hydrogen-bond donors (Lipinski definition) is 2. The van der Waals surface area contributed by atoms with Crippen molar-refractivity contribution in [3.63, 3.8) is 0 Å². The average Bonchev–Trinajstić information content (AvgIpc) is 3.49. The summed E-state index contributed by atoms with van der Waals surface area (Å²) in [5, 5.41) is 9.36. The second-order valence-corrected chi connectivity index (χ2v) is 10.4. The normalized spacial score (nSPS) is 18.7. The molecule has 9 heteroatoms. The van der Waals surface area contributed by atoms with Gasteiger partial charge in [0.1, 0.15) is 17.0 Å². The first-order valence-electron chi connectivity index (χ1n) is 14.9. The van der Waals surface area contributed by atoms with Crippen LogP contribution in [0.2, 0.25) is 0 Å². The van der Waals surface area contributed by atoms with Gasteiger partial charge in [-0.1, -0.05) is 34.1 Å². The van der Waals surface area contributed by atoms with Crippen molar-refractivity contribution in [2.45, 2.75) is 73.6 Å². The molecule has 0 radical (unpaired) electrons. The molecule has 0 spiro atoms. The lowest BCUT2D eigenvalue weighted by Gasteiger charge is -2.31. The lowest BCUT2D eigenvalue weighted by Crippen LogP contribution is -2.35. The van der Waals surface area contributed by atoms with Gasteiger partial charge in [-0.3, -0.25) is 4.99 Å². The predicted octanol–water partition coefficient (Wildman–Crippen LogP) is 6.88. The molecule has 8 nitrogen and oxygen atoms in total. The van der Waals surface area contributed by atoms with E-state index in [2.05, 4.69) is 38.7 Å². The number of H-pyrrole nitrogens is 1. The topological polar surface area (TPSA) is 99.5 Å². The van der Waals surface area contributed by atoms with Crippen LogP contribution in [0.3, 0.4) is 0 Å². The summed E-state index contributed by atoms with van der Waals surface area (Å²) in [6.45, 7) is 15.9. The highest BCUT2D eigenvalue weighted by atomic mass is 19.1. The number of aliphatic imine (C=N–C) groups is 1. The van der Waals surface area contributed by atoms with Crippen molar-refractivity contribution >= 4 is 29.0 Å². The van der Waals surface area contributed by atoms with E-state index in [1.54, 1.807) is 26.4 Å². The second kappa shape index (κ2) is 15.8. The molecular weight excluding hydrogens is 507 g/mol. The molecule has 2 unspecified atom stereocenters. The van der Waals surface area contributed by atoms with E-state index in [-0.39, 0.29) is 12.4 Å². The molecule has 5 rings (SSSR count). The minimum absolute atomic E-state index is 0.210. The second-order valence-electron chi connectivity index (χ2n) is 10.4. The highest BCUT2D eigenvalue weighted by Crippen LogP contribution is 2.33. The summed E-state index contributed by atoms with van der Waals surface area (Å²) in [5.41, 5.74) is 3.53. The molecule has 2 aromatic heterocycles. The maximum absolute atomic E-state index is 14.5. The Balaban J connectivity index is 0.000000309. The molecule has 0 amide bonds. The fourth-order valence-electron chi connectivity index (χ4n) is 5.11. The number of aromatic nitrogens is 4. The number of benzene rings is 1. The van der Waals surface area contributed by atoms with Gasteiger partial charge in [0.15, 0.2) is 5.65 Å². The number of halogens is 1. The first-order valence-corrected chi connectivity index (χ1v) is 14.9. The molecule has 1 aromatic carbocycles. The van der Waals surface area contributed by atoms with Gasteiger partial charge in [0.25, 0.3) is 0 Å². The molecule has 220 valence electrons. The van der Waals surface area contributed by atoms with Crippen LogP contribution in [0, 0.1) is 30.5 Å². The van der Waals surface area contributed by atoms with Crippen LogP contribution in [0.25, 0.3) is 22.4 Å². The van der Waals surface area contributed by atoms with Gasteiger partial charge in [0.2, 0.25) is 5.95 Å². The van der Waals surface area contributed by atoms with Gasteiger partial charge < -0.3 is 19.7 Å². The van der Waals surface area contributed by atoms with Crippen molar-refractivity contribution in [1.29, 1.82) is 0 Å². The number of anilines is 1. The van der Waals surface area contributed by atoms with Gasteiger partial charge in [0, 0.05) is 50.3 Å². The summed E-state index contributed by atoms with van der Waals surface area (Å²) in [5.74, 6) is 2.28. The Bertz CT molecular complexity index is 1220. The lowest BCUT2D eigenvalue weighted by molar-refractivity contribution is 0.0333. The van der Waals surface area contributed by atoms with E-state index in [1.807, 2.05) is 19.9 Å². The zero-order chi connectivity index (χ0) is 29.1. The SMILES string of the molecule is CC.CC=Nc1cc(-c2nc(N3CCC(CO)CC3)nc3nc[nH]c23)cc(F)c1C.CCC(C)C1CCCOC1. The third kappa shape index (κ3) is 7.85. The Hall–Kier alpha value is -2.91. The molecule has 2 aliphatic rings. The van der Waals surface area contributed by atoms with E-state index >= 15 is 0 Å². The van der Waals surface area contributed by atoms with Gasteiger partial charge in [-0.05, 0) is 69.4 Å². The van der Waals surface area contributed by atoms with E-state index in [0.717, 1.165) is 51.0 Å². The van der Waals surface area contributed by atoms with Crippen molar-refractivity contribution < 1.29 is 14.2 Å². The molecule has 2 saturated heterocycles. The zero-order valence-corrected chi connectivity index (χ0v) is 25.1. The van der Waals surface area contributed by atoms with Crippen LogP contribution in [0.15, 0.2) is 23.5 Å². The molecule has 4 heterocycles. The number of aromatic amines is 1. The molecule has 2 atom stereocenters. The number of piperidine rings is 1. The predicted molar refractivity (Wildman–Crippen MR) is 162 cm³/mol. The fraction of sp³-hybridized carbons (Fsp3) is 0.613. The number of ether oxygens (including phenoxy) is 1. The summed E-state index contributed by atoms with van der Waals surface area (Å²) in [4.78, 5) is 23.1. The number of hydrogen-bond acceptors (Lipinski definition) is 7. The summed E-state index contributed by atoms with van der Waals surface area (Å²) in [6.07, 6.45) is 8.96. The number of nitrogens with one attached hydrogen (secondary N) is 1. The van der Waals surface area contributed by atoms with E-state index in [1.165, 1.54) is 25.3 Å². The maximum Gasteiger partial charge on any atom is 0.228 e. The summed E-state index contributed by atoms with van der Waals surface area (Å²) in [6, 6.07) is 3.32. The highest BCUT2D eigenvalue weighted by Gasteiger charge is 2.23. The van der Waals surface area contributed by atoms with Crippen LogP contribution in [0.1, 0.15) is 72.3 Å². The summed E-state index contributed by atoms with van der Waals surface area (Å²) in [7, 11) is 0. The molecule has 3 aromatic rings. The molecular formula is C31H47FN6O2. The van der Waals surface area contributed by atoms with E-state index in [9.17, 15) is 9.50 Å². The Morgan fingerprint density at radius 3 is 2.60 bits per heavy atom. The minimum atomic E-state index is -0.324. The van der Waals surface area contributed by atoms with Gasteiger partial charge in [-0.2, -0.15) is 4.98 Å². The quantitative estimate of drug-likeness (QED) is 0.322. The van der Waals surface area contributed by atoms with Crippen LogP contribution in [0.4, 0.5) is 16.0 Å². The largest absolute Gasteiger partial charge is 0.396 e. The third-order valence-corrected chi connectivity index (χ3v) is 7.93. The van der Waals surface area contributed by atoms with E-state index < -0.39 is 0 Å². The van der Waals surface area contributed by atoms with Crippen LogP contribution in [0.5, 0.6) is 0 Å². The van der Waals surface area contributed by atoms with Crippen LogP contribution in [-0.4, -0.2) is 64.2 Å². The summed E-state index contributed by atoms with van der Waals surface area (Å²) < 4.78 is 19.9. The number of aliphatic hydroxyl groups excluding tert-OH is 1. The van der Waals surface area contributed by atoms with E-state index in [0.29, 0.717) is 45.5 Å². The van der Waals surface area contributed by atoms with Crippen LogP contribution in [-0.2, 0) is 4.74 Å². The molecule has 40 heavy (non-hydrogen) atoms. The van der Waals surface area contributed by atoms with Gasteiger partial charge in [-0.25, -0.2) is 14.4 Å². The average molecular weight is 555 g/mol. The minimum Gasteiger partial charge on any atom is -0.396 e. The lowest BCUT2D eigenvalue weighted by atomic mass is 9.88. The Kier molecular flexibility index (Phi) is 12.5. The first kappa shape index (κ1) is 31.6. The van der Waals surface area contributed by atoms with E-state index in [4.69, 9.17) is 9.72 Å². The molecule has 2 fully saturated rings. The fourth-order valence-corrected chi connectivity index (χ4v) is 5.11. The van der Waals surface area contributed by atoms with Crippen molar-refractivity contribution in [3.8, 4) is 11.3 Å². The Morgan fingerprint density at radius 2 is 1.98 bits per heavy atom. The first-order chi connectivity index (χ1) is 19.4. The Labute approximate surface area is 238 Å². The van der Waals surface area contributed by atoms with Crippen molar-refractivity contribution in [2.24, 2.45) is 22.7 Å². The van der Waals surface area contributed by atoms with Crippen LogP contribution >= 0.6 is 0 Å². The third-order valence-electron chi connectivity index (χ3n) is 7.93. The molecule has 2 N–H and O–H groups in total. The molecule has 0 aliphatic carbocycles. The van der Waals surface area contributed by atoms with Gasteiger partial charge in [0.05, 0.1) is 12.0 Å². The highest BCUT2D eigenvalue weighted by molar-refractivity contribution is 5.89. The van der Waals surface area contributed by atoms with Crippen LogP contribution < -0.4 is 4.90 Å². The number of nitrogens with zero attached hydrogens (tertiary/aromatic N) is 5. The Morgan fingerprint density at radius 1 is 1.23 bits per heavy atom. The summed E-state index contributed by atoms with van der Waals surface area (Å²) >= 11 is 0. The van der Waals surface area contributed by atoms with Crippen molar-refractivity contribution in [2.75, 3.05) is 37.8 Å². The number of rotatable bonds is 6. The smallest absolute Gasteiger partial charge is 0.228 e.